The summed E-state index contributed by atoms with van der Waals surface area (Å²) in [6.07, 6.45) is 0.285. The van der Waals surface area contributed by atoms with E-state index in [4.69, 9.17) is 0 Å². The molecule has 0 aliphatic rings. The van der Waals surface area contributed by atoms with Gasteiger partial charge in [-0.05, 0) is 17.0 Å². The molecule has 3 aromatic rings. The number of nitro groups is 1. The van der Waals surface area contributed by atoms with Crippen molar-refractivity contribution in [3.8, 4) is 0 Å². The van der Waals surface area contributed by atoms with Gasteiger partial charge in [0.15, 0.2) is 5.78 Å². The lowest BCUT2D eigenvalue weighted by atomic mass is 10.0. The van der Waals surface area contributed by atoms with Gasteiger partial charge in [0.1, 0.15) is 0 Å². The molecule has 126 valence electrons. The van der Waals surface area contributed by atoms with Gasteiger partial charge in [0.05, 0.1) is 9.13 Å². The van der Waals surface area contributed by atoms with Crippen molar-refractivity contribution in [1.29, 1.82) is 0 Å². The molecule has 0 saturated heterocycles. The van der Waals surface area contributed by atoms with Gasteiger partial charge in [-0.25, -0.2) is 0 Å². The third-order valence-corrected chi connectivity index (χ3v) is 6.00. The zero-order chi connectivity index (χ0) is 17.6. The number of nitrogens with zero attached hydrogens (tertiary/aromatic N) is 1. The second-order valence-corrected chi connectivity index (χ2v) is 7.83. The predicted molar refractivity (Wildman–Crippen MR) is 101 cm³/mol. The lowest BCUT2D eigenvalue weighted by molar-refractivity contribution is -0.384. The highest BCUT2D eigenvalue weighted by Crippen LogP contribution is 2.41. The number of nitro benzene ring substituents is 1. The Morgan fingerprint density at radius 2 is 1.88 bits per heavy atom. The first kappa shape index (κ1) is 17.4. The quantitative estimate of drug-likeness (QED) is 0.230. The molecule has 0 amide bonds. The van der Waals surface area contributed by atoms with Crippen LogP contribution in [0.3, 0.4) is 0 Å². The van der Waals surface area contributed by atoms with Crippen molar-refractivity contribution in [2.24, 2.45) is 0 Å². The van der Waals surface area contributed by atoms with E-state index in [0.29, 0.717) is 5.56 Å². The van der Waals surface area contributed by atoms with Crippen molar-refractivity contribution >= 4 is 34.6 Å². The molecule has 3 rings (SSSR count). The fourth-order valence-corrected chi connectivity index (χ4v) is 4.59. The minimum absolute atomic E-state index is 0.0289. The summed E-state index contributed by atoms with van der Waals surface area (Å²) in [5, 5.41) is 12.9. The summed E-state index contributed by atoms with van der Waals surface area (Å²) in [6.45, 7) is 0. The summed E-state index contributed by atoms with van der Waals surface area (Å²) in [7, 11) is 0. The molecule has 0 saturated carbocycles. The molecule has 0 N–H and O–H groups in total. The molecule has 0 bridgehead atoms. The Balaban J connectivity index is 1.88. The lowest BCUT2D eigenvalue weighted by Gasteiger charge is -2.15. The number of benzene rings is 2. The topological polar surface area (TPSA) is 60.2 Å². The fourth-order valence-electron chi connectivity index (χ4n) is 2.45. The van der Waals surface area contributed by atoms with Gasteiger partial charge in [0, 0.05) is 29.4 Å². The molecular formula is C19H15NO3S2. The number of ketones is 1. The van der Waals surface area contributed by atoms with E-state index >= 15 is 0 Å². The molecule has 0 unspecified atom stereocenters. The summed E-state index contributed by atoms with van der Waals surface area (Å²) in [5.74, 6) is 0.0289. The molecule has 0 fully saturated rings. The fraction of sp³-hybridized carbons (Fsp3) is 0.105. The maximum Gasteiger partial charge on any atom is 0.269 e. The highest BCUT2D eigenvalue weighted by Gasteiger charge is 2.21. The highest BCUT2D eigenvalue weighted by atomic mass is 32.2. The van der Waals surface area contributed by atoms with Gasteiger partial charge >= 0.3 is 0 Å². The zero-order valence-electron chi connectivity index (χ0n) is 13.2. The van der Waals surface area contributed by atoms with Gasteiger partial charge in [-0.15, -0.1) is 23.1 Å². The van der Waals surface area contributed by atoms with Crippen LogP contribution in [0.25, 0.3) is 0 Å². The van der Waals surface area contributed by atoms with Crippen molar-refractivity contribution in [3.05, 3.63) is 93.4 Å². The van der Waals surface area contributed by atoms with E-state index in [2.05, 4.69) is 0 Å². The van der Waals surface area contributed by atoms with Crippen molar-refractivity contribution in [2.45, 2.75) is 15.9 Å². The molecule has 6 heteroatoms. The number of rotatable bonds is 7. The van der Waals surface area contributed by atoms with E-state index in [9.17, 15) is 14.9 Å². The Kier molecular flexibility index (Phi) is 5.63. The normalized spacial score (nSPS) is 11.8. The molecule has 1 heterocycles. The first-order valence-electron chi connectivity index (χ1n) is 7.66. The smallest absolute Gasteiger partial charge is 0.269 e. The van der Waals surface area contributed by atoms with Gasteiger partial charge in [0.2, 0.25) is 0 Å². The SMILES string of the molecule is O=C(C[C@H](Sc1cccs1)c1cccc([N+](=O)[O-])c1)c1ccccc1. The molecule has 0 radical (unpaired) electrons. The van der Waals surface area contributed by atoms with Gasteiger partial charge in [0.25, 0.3) is 5.69 Å². The Hall–Kier alpha value is -2.44. The largest absolute Gasteiger partial charge is 0.294 e. The minimum Gasteiger partial charge on any atom is -0.294 e. The summed E-state index contributed by atoms with van der Waals surface area (Å²) < 4.78 is 1.08. The molecule has 4 nitrogen and oxygen atoms in total. The maximum atomic E-state index is 12.6. The maximum absolute atomic E-state index is 12.6. The van der Waals surface area contributed by atoms with E-state index in [-0.39, 0.29) is 23.1 Å². The van der Waals surface area contributed by atoms with Crippen LogP contribution in [0, 0.1) is 10.1 Å². The summed E-state index contributed by atoms with van der Waals surface area (Å²) in [5.41, 5.74) is 1.49. The Labute approximate surface area is 153 Å². The molecule has 0 aliphatic heterocycles. The van der Waals surface area contributed by atoms with Crippen molar-refractivity contribution in [1.82, 2.24) is 0 Å². The Morgan fingerprint density at radius 1 is 1.08 bits per heavy atom. The van der Waals surface area contributed by atoms with E-state index in [0.717, 1.165) is 9.77 Å². The average Bonchev–Trinajstić information content (AvgIpc) is 3.15. The van der Waals surface area contributed by atoms with Crippen LogP contribution in [0.2, 0.25) is 0 Å². The van der Waals surface area contributed by atoms with Crippen LogP contribution in [-0.2, 0) is 0 Å². The van der Waals surface area contributed by atoms with Crippen LogP contribution < -0.4 is 0 Å². The average molecular weight is 369 g/mol. The third-order valence-electron chi connectivity index (χ3n) is 3.67. The van der Waals surface area contributed by atoms with Gasteiger partial charge in [-0.3, -0.25) is 14.9 Å². The molecule has 0 aliphatic carbocycles. The highest BCUT2D eigenvalue weighted by molar-refractivity contribution is 8.01. The summed E-state index contributed by atoms with van der Waals surface area (Å²) in [4.78, 5) is 23.3. The second kappa shape index (κ2) is 8.09. The zero-order valence-corrected chi connectivity index (χ0v) is 14.8. The van der Waals surface area contributed by atoms with Crippen LogP contribution in [0.4, 0.5) is 5.69 Å². The molecule has 1 aromatic heterocycles. The lowest BCUT2D eigenvalue weighted by Crippen LogP contribution is -2.05. The van der Waals surface area contributed by atoms with E-state index in [1.807, 2.05) is 41.8 Å². The number of carbonyl (C=O) groups excluding carboxylic acids is 1. The third kappa shape index (κ3) is 4.55. The number of thioether (sulfide) groups is 1. The molecule has 25 heavy (non-hydrogen) atoms. The van der Waals surface area contributed by atoms with Crippen LogP contribution in [0.15, 0.2) is 76.3 Å². The van der Waals surface area contributed by atoms with Crippen LogP contribution in [-0.4, -0.2) is 10.7 Å². The van der Waals surface area contributed by atoms with Crippen molar-refractivity contribution < 1.29 is 9.72 Å². The first-order valence-corrected chi connectivity index (χ1v) is 9.42. The first-order chi connectivity index (χ1) is 12.1. The Bertz CT molecular complexity index is 863. The van der Waals surface area contributed by atoms with Crippen LogP contribution in [0.1, 0.15) is 27.6 Å². The van der Waals surface area contributed by atoms with Crippen LogP contribution >= 0.6 is 23.1 Å². The van der Waals surface area contributed by atoms with E-state index in [1.165, 1.54) is 6.07 Å². The summed E-state index contributed by atoms with van der Waals surface area (Å²) >= 11 is 3.16. The van der Waals surface area contributed by atoms with E-state index < -0.39 is 4.92 Å². The Morgan fingerprint density at radius 3 is 2.56 bits per heavy atom. The van der Waals surface area contributed by atoms with Gasteiger partial charge in [-0.2, -0.15) is 0 Å². The van der Waals surface area contributed by atoms with Gasteiger partial charge < -0.3 is 0 Å². The molecular weight excluding hydrogens is 354 g/mol. The van der Waals surface area contributed by atoms with Crippen LogP contribution in [0.5, 0.6) is 0 Å². The molecule has 0 spiro atoms. The molecule has 1 atom stereocenters. The number of thiophene rings is 1. The number of carbonyl (C=O) groups is 1. The number of hydrogen-bond donors (Lipinski definition) is 0. The number of Topliss-reactive ketones (excluding diaryl/α,β-unsaturated/α-hetero) is 1. The second-order valence-electron chi connectivity index (χ2n) is 5.38. The standard InChI is InChI=1S/C19H15NO3S2/c21-17(14-6-2-1-3-7-14)13-18(25-19-10-5-11-24-19)15-8-4-9-16(12-15)20(22)23/h1-12,18H,13H2/t18-/m0/s1. The van der Waals surface area contributed by atoms with Crippen molar-refractivity contribution in [2.75, 3.05) is 0 Å². The van der Waals surface area contributed by atoms with E-state index in [1.54, 1.807) is 47.4 Å². The summed E-state index contributed by atoms with van der Waals surface area (Å²) in [6, 6.07) is 19.6. The monoisotopic (exact) mass is 369 g/mol. The number of non-ortho nitro benzene ring substituents is 1. The number of hydrogen-bond acceptors (Lipinski definition) is 5. The minimum atomic E-state index is -0.407. The molecule has 2 aromatic carbocycles. The van der Waals surface area contributed by atoms with Crippen molar-refractivity contribution in [3.63, 3.8) is 0 Å². The predicted octanol–water partition coefficient (Wildman–Crippen LogP) is 5.76. The van der Waals surface area contributed by atoms with Gasteiger partial charge in [-0.1, -0.05) is 48.5 Å².